The molecule has 0 saturated heterocycles. The second-order valence-corrected chi connectivity index (χ2v) is 4.78. The number of nitrogens with two attached hydrogens (primary N) is 1. The monoisotopic (exact) mass is 262 g/mol. The number of H-pyrrole nitrogens is 1. The minimum atomic E-state index is -0.152. The lowest BCUT2D eigenvalue weighted by Gasteiger charge is -2.06. The van der Waals surface area contributed by atoms with E-state index in [-0.39, 0.29) is 5.56 Å². The van der Waals surface area contributed by atoms with Crippen molar-refractivity contribution in [2.45, 2.75) is 23.5 Å². The van der Waals surface area contributed by atoms with Crippen LogP contribution in [0.3, 0.4) is 0 Å². The Bertz CT molecular complexity index is 597. The first-order valence-corrected chi connectivity index (χ1v) is 6.40. The molecule has 0 saturated carbocycles. The van der Waals surface area contributed by atoms with Crippen LogP contribution in [0.1, 0.15) is 11.3 Å². The number of pyridine rings is 1. The number of rotatable bonds is 4. The molecule has 0 aromatic carbocycles. The average Bonchev–Trinajstić information content (AvgIpc) is 2.30. The Morgan fingerprint density at radius 1 is 1.50 bits per heavy atom. The predicted octanol–water partition coefficient (Wildman–Crippen LogP) is 1.13. The molecule has 18 heavy (non-hydrogen) atoms. The van der Waals surface area contributed by atoms with Crippen molar-refractivity contribution < 1.29 is 0 Å². The Hall–Kier alpha value is -1.66. The summed E-state index contributed by atoms with van der Waals surface area (Å²) in [5.41, 5.74) is 7.17. The van der Waals surface area contributed by atoms with Gasteiger partial charge in [0.1, 0.15) is 5.03 Å². The van der Waals surface area contributed by atoms with E-state index in [2.05, 4.69) is 15.0 Å². The molecule has 0 fully saturated rings. The predicted molar refractivity (Wildman–Crippen MR) is 70.7 cm³/mol. The van der Waals surface area contributed by atoms with Crippen LogP contribution in [0.15, 0.2) is 39.4 Å². The fraction of sp³-hybridized carbons (Fsp3) is 0.250. The molecule has 6 heteroatoms. The van der Waals surface area contributed by atoms with Gasteiger partial charge < -0.3 is 10.7 Å². The molecular weight excluding hydrogens is 248 g/mol. The van der Waals surface area contributed by atoms with Gasteiger partial charge in [0.15, 0.2) is 5.16 Å². The zero-order valence-electron chi connectivity index (χ0n) is 10.0. The normalized spacial score (nSPS) is 10.6. The van der Waals surface area contributed by atoms with E-state index in [9.17, 15) is 4.79 Å². The lowest BCUT2D eigenvalue weighted by molar-refractivity contribution is 0.884. The number of nitrogens with zero attached hydrogens (tertiary/aromatic N) is 2. The van der Waals surface area contributed by atoms with Crippen molar-refractivity contribution in [1.29, 1.82) is 0 Å². The molecule has 5 nitrogen and oxygen atoms in total. The molecule has 0 bridgehead atoms. The fourth-order valence-corrected chi connectivity index (χ4v) is 2.49. The third kappa shape index (κ3) is 3.18. The molecule has 2 rings (SSSR count). The van der Waals surface area contributed by atoms with E-state index in [0.717, 1.165) is 17.0 Å². The maximum Gasteiger partial charge on any atom is 0.251 e. The second-order valence-electron chi connectivity index (χ2n) is 3.80. The minimum Gasteiger partial charge on any atom is -0.330 e. The molecule has 0 spiro atoms. The van der Waals surface area contributed by atoms with Crippen molar-refractivity contribution in [2.75, 3.05) is 6.54 Å². The molecule has 0 aliphatic rings. The molecule has 94 valence electrons. The maximum atomic E-state index is 11.4. The van der Waals surface area contributed by atoms with E-state index in [1.807, 2.05) is 12.1 Å². The summed E-state index contributed by atoms with van der Waals surface area (Å²) >= 11 is 1.35. The first-order valence-electron chi connectivity index (χ1n) is 5.59. The van der Waals surface area contributed by atoms with Gasteiger partial charge in [-0.1, -0.05) is 6.07 Å². The topological polar surface area (TPSA) is 84.7 Å². The van der Waals surface area contributed by atoms with Crippen LogP contribution < -0.4 is 11.3 Å². The Balaban J connectivity index is 2.30. The molecule has 2 heterocycles. The molecule has 2 aromatic heterocycles. The molecule has 0 radical (unpaired) electrons. The largest absolute Gasteiger partial charge is 0.330 e. The summed E-state index contributed by atoms with van der Waals surface area (Å²) in [4.78, 5) is 22.6. The summed E-state index contributed by atoms with van der Waals surface area (Å²) in [5.74, 6) is 0. The van der Waals surface area contributed by atoms with Crippen LogP contribution >= 0.6 is 11.8 Å². The van der Waals surface area contributed by atoms with Crippen LogP contribution in [0.25, 0.3) is 0 Å². The van der Waals surface area contributed by atoms with Gasteiger partial charge in [-0.25, -0.2) is 9.97 Å². The van der Waals surface area contributed by atoms with Crippen LogP contribution in [0, 0.1) is 6.92 Å². The van der Waals surface area contributed by atoms with Crippen LogP contribution in [0.5, 0.6) is 0 Å². The highest BCUT2D eigenvalue weighted by atomic mass is 32.2. The third-order valence-electron chi connectivity index (χ3n) is 2.31. The summed E-state index contributed by atoms with van der Waals surface area (Å²) in [5, 5.41) is 1.38. The van der Waals surface area contributed by atoms with Crippen molar-refractivity contribution >= 4 is 11.8 Å². The molecule has 0 aliphatic heterocycles. The van der Waals surface area contributed by atoms with Crippen molar-refractivity contribution in [1.82, 2.24) is 15.0 Å². The highest BCUT2D eigenvalue weighted by Crippen LogP contribution is 2.25. The van der Waals surface area contributed by atoms with Gasteiger partial charge in [-0.3, -0.25) is 4.79 Å². The Morgan fingerprint density at radius 3 is 3.06 bits per heavy atom. The first kappa shape index (κ1) is 12.8. The van der Waals surface area contributed by atoms with Crippen LogP contribution in [-0.2, 0) is 6.42 Å². The van der Waals surface area contributed by atoms with E-state index in [1.54, 1.807) is 13.1 Å². The van der Waals surface area contributed by atoms with Gasteiger partial charge in [0.05, 0.1) is 0 Å². The van der Waals surface area contributed by atoms with Gasteiger partial charge >= 0.3 is 0 Å². The number of hydrogen-bond acceptors (Lipinski definition) is 5. The lowest BCUT2D eigenvalue weighted by atomic mass is 10.2. The van der Waals surface area contributed by atoms with Gasteiger partial charge in [-0.05, 0) is 43.3 Å². The van der Waals surface area contributed by atoms with E-state index in [4.69, 9.17) is 5.73 Å². The van der Waals surface area contributed by atoms with Gasteiger partial charge in [0, 0.05) is 18.0 Å². The van der Waals surface area contributed by atoms with Crippen molar-refractivity contribution in [2.24, 2.45) is 5.73 Å². The number of nitrogens with one attached hydrogen (secondary N) is 1. The summed E-state index contributed by atoms with van der Waals surface area (Å²) in [6, 6.07) is 5.32. The number of aryl methyl sites for hydroxylation is 1. The van der Waals surface area contributed by atoms with Gasteiger partial charge in [-0.2, -0.15) is 0 Å². The molecule has 3 N–H and O–H groups in total. The molecule has 0 amide bonds. The maximum absolute atomic E-state index is 11.4. The number of hydrogen-bond donors (Lipinski definition) is 2. The zero-order chi connectivity index (χ0) is 13.0. The highest BCUT2D eigenvalue weighted by Gasteiger charge is 2.07. The van der Waals surface area contributed by atoms with Gasteiger partial charge in [0.25, 0.3) is 5.56 Å². The Labute approximate surface area is 109 Å². The van der Waals surface area contributed by atoms with Crippen molar-refractivity contribution in [3.63, 3.8) is 0 Å². The summed E-state index contributed by atoms with van der Waals surface area (Å²) in [6.07, 6.45) is 2.47. The Morgan fingerprint density at radius 2 is 2.33 bits per heavy atom. The average molecular weight is 262 g/mol. The highest BCUT2D eigenvalue weighted by molar-refractivity contribution is 7.99. The van der Waals surface area contributed by atoms with Crippen molar-refractivity contribution in [3.8, 4) is 0 Å². The summed E-state index contributed by atoms with van der Waals surface area (Å²) < 4.78 is 0. The minimum absolute atomic E-state index is 0.152. The quantitative estimate of drug-likeness (QED) is 0.807. The molecule has 2 aromatic rings. The van der Waals surface area contributed by atoms with Crippen LogP contribution in [-0.4, -0.2) is 21.5 Å². The molecule has 0 aliphatic carbocycles. The third-order valence-corrected chi connectivity index (χ3v) is 3.25. The molecule has 0 unspecified atom stereocenters. The van der Waals surface area contributed by atoms with E-state index in [0.29, 0.717) is 17.4 Å². The zero-order valence-corrected chi connectivity index (χ0v) is 10.8. The van der Waals surface area contributed by atoms with Gasteiger partial charge in [-0.15, -0.1) is 0 Å². The number of aromatic amines is 1. The molecular formula is C12H14N4OS. The second kappa shape index (κ2) is 5.79. The van der Waals surface area contributed by atoms with Crippen molar-refractivity contribution in [3.05, 3.63) is 46.0 Å². The summed E-state index contributed by atoms with van der Waals surface area (Å²) in [6.45, 7) is 2.36. The smallest absolute Gasteiger partial charge is 0.251 e. The van der Waals surface area contributed by atoms with E-state index < -0.39 is 0 Å². The number of aromatic nitrogens is 3. The molecule has 0 atom stereocenters. The first-order chi connectivity index (χ1) is 8.69. The summed E-state index contributed by atoms with van der Waals surface area (Å²) in [7, 11) is 0. The van der Waals surface area contributed by atoms with Crippen LogP contribution in [0.2, 0.25) is 0 Å². The fourth-order valence-electron chi connectivity index (χ4n) is 1.55. The lowest BCUT2D eigenvalue weighted by Crippen LogP contribution is -2.09. The van der Waals surface area contributed by atoms with Crippen LogP contribution in [0.4, 0.5) is 0 Å². The SMILES string of the molecule is Cc1cc(=O)[nH]c(Sc2ncccc2CCN)n1. The standard InChI is InChI=1S/C12H14N4OS/c1-8-7-10(17)16-12(15-8)18-11-9(4-5-13)3-2-6-14-11/h2-3,6-7H,4-5,13H2,1H3,(H,15,16,17). The Kier molecular flexibility index (Phi) is 4.11. The van der Waals surface area contributed by atoms with E-state index >= 15 is 0 Å². The van der Waals surface area contributed by atoms with Gasteiger partial charge in [0.2, 0.25) is 0 Å². The van der Waals surface area contributed by atoms with E-state index in [1.165, 1.54) is 17.8 Å².